The Bertz CT molecular complexity index is 984. The van der Waals surface area contributed by atoms with Crippen molar-refractivity contribution in [3.05, 3.63) is 71.3 Å². The molecule has 31 heavy (non-hydrogen) atoms. The van der Waals surface area contributed by atoms with E-state index in [0.29, 0.717) is 18.8 Å². The molecule has 0 aromatic heterocycles. The molecule has 162 valence electrons. The molecule has 0 radical (unpaired) electrons. The van der Waals surface area contributed by atoms with Gasteiger partial charge in [0.05, 0.1) is 13.7 Å². The number of esters is 2. The zero-order valence-electron chi connectivity index (χ0n) is 17.6. The van der Waals surface area contributed by atoms with Crippen LogP contribution < -0.4 is 4.74 Å². The van der Waals surface area contributed by atoms with E-state index in [9.17, 15) is 14.4 Å². The van der Waals surface area contributed by atoms with Gasteiger partial charge >= 0.3 is 11.9 Å². The molecule has 0 saturated heterocycles. The monoisotopic (exact) mass is 423 g/mol. The molecule has 3 rings (SSSR count). The molecule has 1 aliphatic rings. The number of rotatable bonds is 7. The van der Waals surface area contributed by atoms with E-state index in [1.54, 1.807) is 12.1 Å². The van der Waals surface area contributed by atoms with Crippen molar-refractivity contribution in [1.82, 2.24) is 4.90 Å². The summed E-state index contributed by atoms with van der Waals surface area (Å²) in [6.07, 6.45) is 3.18. The van der Waals surface area contributed by atoms with Gasteiger partial charge in [-0.05, 0) is 30.2 Å². The predicted octanol–water partition coefficient (Wildman–Crippen LogP) is 2.77. The Morgan fingerprint density at radius 2 is 1.77 bits per heavy atom. The molecule has 7 heteroatoms. The first-order valence-corrected chi connectivity index (χ1v) is 10.0. The van der Waals surface area contributed by atoms with Gasteiger partial charge in [0.1, 0.15) is 11.8 Å². The lowest BCUT2D eigenvalue weighted by Crippen LogP contribution is -2.50. The van der Waals surface area contributed by atoms with E-state index in [0.717, 1.165) is 16.7 Å². The van der Waals surface area contributed by atoms with Crippen LogP contribution in [0, 0.1) is 0 Å². The summed E-state index contributed by atoms with van der Waals surface area (Å²) in [7, 11) is 1.29. The van der Waals surface area contributed by atoms with Crippen LogP contribution in [0.15, 0.2) is 54.6 Å². The zero-order chi connectivity index (χ0) is 22.2. The Labute approximate surface area is 181 Å². The van der Waals surface area contributed by atoms with Crippen LogP contribution >= 0.6 is 0 Å². The topological polar surface area (TPSA) is 82.1 Å². The molecule has 7 nitrogen and oxygen atoms in total. The summed E-state index contributed by atoms with van der Waals surface area (Å²) < 4.78 is 15.5. The third-order valence-corrected chi connectivity index (χ3v) is 5.00. The van der Waals surface area contributed by atoms with Crippen LogP contribution in [0.1, 0.15) is 23.6 Å². The van der Waals surface area contributed by atoms with E-state index >= 15 is 0 Å². The molecule has 0 unspecified atom stereocenters. The summed E-state index contributed by atoms with van der Waals surface area (Å²) in [4.78, 5) is 38.5. The lowest BCUT2D eigenvalue weighted by atomic mass is 9.94. The molecule has 0 bridgehead atoms. The van der Waals surface area contributed by atoms with Crippen molar-refractivity contribution in [2.75, 3.05) is 20.3 Å². The Morgan fingerprint density at radius 3 is 2.52 bits per heavy atom. The highest BCUT2D eigenvalue weighted by Gasteiger charge is 2.35. The molecule has 0 N–H and O–H groups in total. The highest BCUT2D eigenvalue weighted by Crippen LogP contribution is 2.24. The van der Waals surface area contributed by atoms with Crippen LogP contribution in [-0.2, 0) is 36.8 Å². The van der Waals surface area contributed by atoms with Gasteiger partial charge in [0, 0.05) is 24.6 Å². The lowest BCUT2D eigenvalue weighted by Gasteiger charge is -2.35. The minimum absolute atomic E-state index is 0.254. The molecule has 2 aromatic carbocycles. The maximum Gasteiger partial charge on any atom is 0.331 e. The van der Waals surface area contributed by atoms with E-state index in [1.165, 1.54) is 18.1 Å². The van der Waals surface area contributed by atoms with Crippen molar-refractivity contribution < 1.29 is 28.6 Å². The van der Waals surface area contributed by atoms with Crippen molar-refractivity contribution in [3.8, 4) is 5.75 Å². The third-order valence-electron chi connectivity index (χ3n) is 5.00. The largest absolute Gasteiger partial charge is 0.493 e. The molecule has 2 aromatic rings. The first-order valence-electron chi connectivity index (χ1n) is 10.0. The first-order chi connectivity index (χ1) is 15.0. The van der Waals surface area contributed by atoms with Crippen LogP contribution in [0.25, 0.3) is 6.08 Å². The van der Waals surface area contributed by atoms with Crippen molar-refractivity contribution in [2.24, 2.45) is 0 Å². The average Bonchev–Trinajstić information content (AvgIpc) is 2.80. The van der Waals surface area contributed by atoms with E-state index < -0.39 is 30.5 Å². The number of para-hydroxylation sites is 1. The van der Waals surface area contributed by atoms with Gasteiger partial charge < -0.3 is 19.1 Å². The van der Waals surface area contributed by atoms with Gasteiger partial charge in [0.15, 0.2) is 6.61 Å². The van der Waals surface area contributed by atoms with Crippen LogP contribution in [0.5, 0.6) is 5.75 Å². The van der Waals surface area contributed by atoms with Gasteiger partial charge in [0.25, 0.3) is 5.91 Å². The van der Waals surface area contributed by atoms with Crippen LogP contribution in [0.3, 0.4) is 0 Å². The standard InChI is InChI=1S/C24H25NO6/c1-3-30-21-11-7-6-8-17(21)12-13-23(27)31-16-22(26)25-15-19-10-5-4-9-18(19)14-20(25)24(28)29-2/h4-13,20H,3,14-16H2,1-2H3/b13-12+/t20-/m0/s1. The second kappa shape index (κ2) is 10.4. The Hall–Kier alpha value is -3.61. The summed E-state index contributed by atoms with van der Waals surface area (Å²) in [6.45, 7) is 2.17. The van der Waals surface area contributed by atoms with Crippen molar-refractivity contribution >= 4 is 23.9 Å². The van der Waals surface area contributed by atoms with Gasteiger partial charge in [-0.25, -0.2) is 9.59 Å². The number of nitrogens with zero attached hydrogens (tertiary/aromatic N) is 1. The Morgan fingerprint density at radius 1 is 1.06 bits per heavy atom. The number of amides is 1. The molecule has 0 saturated carbocycles. The van der Waals surface area contributed by atoms with Crippen molar-refractivity contribution in [1.29, 1.82) is 0 Å². The van der Waals surface area contributed by atoms with E-state index in [4.69, 9.17) is 14.2 Å². The van der Waals surface area contributed by atoms with Gasteiger partial charge in [-0.1, -0.05) is 42.5 Å². The zero-order valence-corrected chi connectivity index (χ0v) is 17.6. The van der Waals surface area contributed by atoms with Gasteiger partial charge in [-0.2, -0.15) is 0 Å². The number of ether oxygens (including phenoxy) is 3. The minimum atomic E-state index is -0.750. The van der Waals surface area contributed by atoms with Gasteiger partial charge in [0.2, 0.25) is 0 Å². The molecular formula is C24H25NO6. The fourth-order valence-electron chi connectivity index (χ4n) is 3.46. The highest BCUT2D eigenvalue weighted by molar-refractivity contribution is 5.91. The van der Waals surface area contributed by atoms with E-state index in [2.05, 4.69) is 0 Å². The number of hydrogen-bond donors (Lipinski definition) is 0. The fourth-order valence-corrected chi connectivity index (χ4v) is 3.46. The van der Waals surface area contributed by atoms with E-state index in [-0.39, 0.29) is 6.54 Å². The molecular weight excluding hydrogens is 398 g/mol. The molecule has 0 aliphatic carbocycles. The third kappa shape index (κ3) is 5.51. The summed E-state index contributed by atoms with van der Waals surface area (Å²) >= 11 is 0. The number of benzene rings is 2. The maximum absolute atomic E-state index is 12.8. The Kier molecular flexibility index (Phi) is 7.43. The molecule has 1 atom stereocenters. The van der Waals surface area contributed by atoms with E-state index in [1.807, 2.05) is 49.4 Å². The number of fused-ring (bicyclic) bond motifs is 1. The smallest absolute Gasteiger partial charge is 0.331 e. The van der Waals surface area contributed by atoms with Gasteiger partial charge in [-0.3, -0.25) is 4.79 Å². The molecule has 1 amide bonds. The normalized spacial score (nSPS) is 15.3. The van der Waals surface area contributed by atoms with Gasteiger partial charge in [-0.15, -0.1) is 0 Å². The SMILES string of the molecule is CCOc1ccccc1/C=C/C(=O)OCC(=O)N1Cc2ccccc2C[C@H]1C(=O)OC. The molecule has 0 fully saturated rings. The summed E-state index contributed by atoms with van der Waals surface area (Å²) in [5.41, 5.74) is 2.68. The summed E-state index contributed by atoms with van der Waals surface area (Å²) in [5.74, 6) is -0.965. The molecule has 0 spiro atoms. The maximum atomic E-state index is 12.8. The number of methoxy groups -OCH3 is 1. The predicted molar refractivity (Wildman–Crippen MR) is 114 cm³/mol. The second-order valence-corrected chi connectivity index (χ2v) is 6.95. The number of hydrogen-bond acceptors (Lipinski definition) is 6. The quantitative estimate of drug-likeness (QED) is 0.503. The van der Waals surface area contributed by atoms with Crippen LogP contribution in [0.4, 0.5) is 0 Å². The first kappa shape index (κ1) is 22.1. The van der Waals surface area contributed by atoms with Crippen molar-refractivity contribution in [3.63, 3.8) is 0 Å². The Balaban J connectivity index is 1.64. The summed E-state index contributed by atoms with van der Waals surface area (Å²) in [5, 5.41) is 0. The fraction of sp³-hybridized carbons (Fsp3) is 0.292. The minimum Gasteiger partial charge on any atom is -0.493 e. The van der Waals surface area contributed by atoms with Crippen LogP contribution in [-0.4, -0.2) is 49.1 Å². The number of carbonyl (C=O) groups excluding carboxylic acids is 3. The van der Waals surface area contributed by atoms with Crippen molar-refractivity contribution in [2.45, 2.75) is 25.9 Å². The summed E-state index contributed by atoms with van der Waals surface area (Å²) in [6, 6.07) is 14.1. The average molecular weight is 423 g/mol. The second-order valence-electron chi connectivity index (χ2n) is 6.95. The molecule has 1 heterocycles. The van der Waals surface area contributed by atoms with Crippen LogP contribution in [0.2, 0.25) is 0 Å². The molecule has 1 aliphatic heterocycles. The lowest BCUT2D eigenvalue weighted by molar-refractivity contribution is -0.158. The number of carbonyl (C=O) groups is 3. The highest BCUT2D eigenvalue weighted by atomic mass is 16.5.